The van der Waals surface area contributed by atoms with E-state index in [-0.39, 0.29) is 18.3 Å². The highest BCUT2D eigenvalue weighted by Gasteiger charge is 2.22. The number of carbonyl (C=O) groups is 1. The van der Waals surface area contributed by atoms with Gasteiger partial charge in [-0.1, -0.05) is 0 Å². The number of methoxy groups -OCH3 is 1. The van der Waals surface area contributed by atoms with Crippen molar-refractivity contribution >= 4 is 30.1 Å². The molecule has 1 heterocycles. The highest BCUT2D eigenvalue weighted by molar-refractivity contribution is 7.99. The molecule has 1 aliphatic heterocycles. The molecule has 0 saturated carbocycles. The molecule has 0 aromatic heterocycles. The SMILES string of the molecule is COc1ccc(SCCC(=O)N2CCNCC2C)cc1.Cl. The number of piperazine rings is 1. The van der Waals surface area contributed by atoms with E-state index < -0.39 is 0 Å². The molecule has 6 heteroatoms. The molecule has 1 aliphatic rings. The van der Waals surface area contributed by atoms with Crippen molar-refractivity contribution in [3.8, 4) is 5.75 Å². The number of amides is 1. The summed E-state index contributed by atoms with van der Waals surface area (Å²) >= 11 is 1.71. The van der Waals surface area contributed by atoms with Crippen LogP contribution in [0.15, 0.2) is 29.2 Å². The van der Waals surface area contributed by atoms with E-state index in [9.17, 15) is 4.79 Å². The van der Waals surface area contributed by atoms with Crippen LogP contribution in [0.3, 0.4) is 0 Å². The lowest BCUT2D eigenvalue weighted by Gasteiger charge is -2.34. The number of hydrogen-bond donors (Lipinski definition) is 1. The molecule has 4 nitrogen and oxygen atoms in total. The van der Waals surface area contributed by atoms with Crippen LogP contribution >= 0.6 is 24.2 Å². The van der Waals surface area contributed by atoms with Crippen LogP contribution in [-0.4, -0.2) is 49.3 Å². The molecule has 0 aliphatic carbocycles. The quantitative estimate of drug-likeness (QED) is 0.842. The topological polar surface area (TPSA) is 41.6 Å². The van der Waals surface area contributed by atoms with E-state index in [1.54, 1.807) is 18.9 Å². The molecule has 1 N–H and O–H groups in total. The minimum atomic E-state index is 0. The predicted molar refractivity (Wildman–Crippen MR) is 89.6 cm³/mol. The monoisotopic (exact) mass is 330 g/mol. The lowest BCUT2D eigenvalue weighted by molar-refractivity contribution is -0.133. The molecule has 21 heavy (non-hydrogen) atoms. The maximum Gasteiger partial charge on any atom is 0.223 e. The molecular formula is C15H23ClN2O2S. The van der Waals surface area contributed by atoms with Gasteiger partial charge in [-0.3, -0.25) is 4.79 Å². The average molecular weight is 331 g/mol. The summed E-state index contributed by atoms with van der Waals surface area (Å²) in [7, 11) is 1.66. The molecule has 2 rings (SSSR count). The number of thioether (sulfide) groups is 1. The summed E-state index contributed by atoms with van der Waals surface area (Å²) in [5, 5.41) is 3.30. The second-order valence-corrected chi connectivity index (χ2v) is 6.08. The van der Waals surface area contributed by atoms with Crippen LogP contribution in [0, 0.1) is 0 Å². The number of benzene rings is 1. The summed E-state index contributed by atoms with van der Waals surface area (Å²) in [4.78, 5) is 15.3. The zero-order valence-electron chi connectivity index (χ0n) is 12.5. The summed E-state index contributed by atoms with van der Waals surface area (Å²) in [6, 6.07) is 8.26. The first-order valence-corrected chi connectivity index (χ1v) is 7.96. The molecule has 1 saturated heterocycles. The van der Waals surface area contributed by atoms with Crippen molar-refractivity contribution in [2.45, 2.75) is 24.3 Å². The second-order valence-electron chi connectivity index (χ2n) is 4.91. The second kappa shape index (κ2) is 9.18. The van der Waals surface area contributed by atoms with E-state index in [0.717, 1.165) is 31.1 Å². The standard InChI is InChI=1S/C15H22N2O2S.ClH/c1-12-11-16-8-9-17(12)15(18)7-10-20-14-5-3-13(19-2)4-6-14;/h3-6,12,16H,7-11H2,1-2H3;1H. The number of carbonyl (C=O) groups excluding carboxylic acids is 1. The van der Waals surface area contributed by atoms with E-state index in [1.165, 1.54) is 4.90 Å². The van der Waals surface area contributed by atoms with Gasteiger partial charge >= 0.3 is 0 Å². The van der Waals surface area contributed by atoms with Crippen molar-refractivity contribution in [2.24, 2.45) is 0 Å². The first-order chi connectivity index (χ1) is 9.70. The Balaban J connectivity index is 0.00000220. The van der Waals surface area contributed by atoms with E-state index in [4.69, 9.17) is 4.74 Å². The number of rotatable bonds is 5. The van der Waals surface area contributed by atoms with Gasteiger partial charge in [-0.2, -0.15) is 0 Å². The number of hydrogen-bond acceptors (Lipinski definition) is 4. The smallest absolute Gasteiger partial charge is 0.223 e. The molecular weight excluding hydrogens is 308 g/mol. The molecule has 1 aromatic carbocycles. The minimum Gasteiger partial charge on any atom is -0.497 e. The summed E-state index contributed by atoms with van der Waals surface area (Å²) in [6.07, 6.45) is 0.598. The van der Waals surface area contributed by atoms with Crippen molar-refractivity contribution in [1.82, 2.24) is 10.2 Å². The third kappa shape index (κ3) is 5.41. The van der Waals surface area contributed by atoms with E-state index in [2.05, 4.69) is 12.2 Å². The minimum absolute atomic E-state index is 0. The Morgan fingerprint density at radius 2 is 2.14 bits per heavy atom. The number of nitrogens with zero attached hydrogens (tertiary/aromatic N) is 1. The maximum absolute atomic E-state index is 12.2. The van der Waals surface area contributed by atoms with Gasteiger partial charge in [0.05, 0.1) is 7.11 Å². The highest BCUT2D eigenvalue weighted by atomic mass is 35.5. The van der Waals surface area contributed by atoms with Gasteiger partial charge in [0.25, 0.3) is 0 Å². The van der Waals surface area contributed by atoms with Gasteiger partial charge < -0.3 is 15.0 Å². The fraction of sp³-hybridized carbons (Fsp3) is 0.533. The van der Waals surface area contributed by atoms with Crippen molar-refractivity contribution in [3.05, 3.63) is 24.3 Å². The zero-order valence-corrected chi connectivity index (χ0v) is 14.1. The third-order valence-corrected chi connectivity index (χ3v) is 4.48. The Bertz CT molecular complexity index is 442. The van der Waals surface area contributed by atoms with E-state index >= 15 is 0 Å². The molecule has 118 valence electrons. The number of halogens is 1. The van der Waals surface area contributed by atoms with Crippen LogP contribution in [0.5, 0.6) is 5.75 Å². The Morgan fingerprint density at radius 1 is 1.43 bits per heavy atom. The largest absolute Gasteiger partial charge is 0.497 e. The zero-order chi connectivity index (χ0) is 14.4. The van der Waals surface area contributed by atoms with E-state index in [1.807, 2.05) is 29.2 Å². The molecule has 1 atom stereocenters. The molecule has 1 aromatic rings. The van der Waals surface area contributed by atoms with Crippen LogP contribution in [0.25, 0.3) is 0 Å². The Morgan fingerprint density at radius 3 is 2.76 bits per heavy atom. The van der Waals surface area contributed by atoms with Crippen LogP contribution < -0.4 is 10.1 Å². The summed E-state index contributed by atoms with van der Waals surface area (Å²) in [5.41, 5.74) is 0. The van der Waals surface area contributed by atoms with Crippen LogP contribution in [0.4, 0.5) is 0 Å². The summed E-state index contributed by atoms with van der Waals surface area (Å²) < 4.78 is 5.13. The van der Waals surface area contributed by atoms with Gasteiger partial charge in [0, 0.05) is 42.7 Å². The predicted octanol–water partition coefficient (Wildman–Crippen LogP) is 2.42. The van der Waals surface area contributed by atoms with Gasteiger partial charge in [-0.25, -0.2) is 0 Å². The van der Waals surface area contributed by atoms with Crippen LogP contribution in [-0.2, 0) is 4.79 Å². The van der Waals surface area contributed by atoms with E-state index in [0.29, 0.717) is 12.5 Å². The van der Waals surface area contributed by atoms with Crippen molar-refractivity contribution in [1.29, 1.82) is 0 Å². The normalized spacial score (nSPS) is 18.0. The third-order valence-electron chi connectivity index (χ3n) is 3.47. The molecule has 1 unspecified atom stereocenters. The molecule has 0 bridgehead atoms. The van der Waals surface area contributed by atoms with Crippen molar-refractivity contribution in [3.63, 3.8) is 0 Å². The van der Waals surface area contributed by atoms with Crippen molar-refractivity contribution in [2.75, 3.05) is 32.5 Å². The van der Waals surface area contributed by atoms with Crippen LogP contribution in [0.1, 0.15) is 13.3 Å². The summed E-state index contributed by atoms with van der Waals surface area (Å²) in [5.74, 6) is 1.95. The summed E-state index contributed by atoms with van der Waals surface area (Å²) in [6.45, 7) is 4.73. The Hall–Kier alpha value is -0.910. The first-order valence-electron chi connectivity index (χ1n) is 6.97. The average Bonchev–Trinajstić information content (AvgIpc) is 2.48. The highest BCUT2D eigenvalue weighted by Crippen LogP contribution is 2.22. The molecule has 1 amide bonds. The Labute approximate surface area is 137 Å². The lowest BCUT2D eigenvalue weighted by Crippen LogP contribution is -2.52. The number of ether oxygens (including phenoxy) is 1. The fourth-order valence-corrected chi connectivity index (χ4v) is 3.12. The van der Waals surface area contributed by atoms with Gasteiger partial charge in [-0.05, 0) is 31.2 Å². The maximum atomic E-state index is 12.2. The van der Waals surface area contributed by atoms with Gasteiger partial charge in [0.1, 0.15) is 5.75 Å². The van der Waals surface area contributed by atoms with Gasteiger partial charge in [0.2, 0.25) is 5.91 Å². The number of nitrogens with one attached hydrogen (secondary N) is 1. The Kier molecular flexibility index (Phi) is 7.93. The van der Waals surface area contributed by atoms with Crippen molar-refractivity contribution < 1.29 is 9.53 Å². The first kappa shape index (κ1) is 18.1. The van der Waals surface area contributed by atoms with Crippen LogP contribution in [0.2, 0.25) is 0 Å². The fourth-order valence-electron chi connectivity index (χ4n) is 2.28. The van der Waals surface area contributed by atoms with Gasteiger partial charge in [-0.15, -0.1) is 24.2 Å². The molecule has 1 fully saturated rings. The lowest BCUT2D eigenvalue weighted by atomic mass is 10.2. The molecule has 0 spiro atoms. The molecule has 0 radical (unpaired) electrons. The van der Waals surface area contributed by atoms with Gasteiger partial charge in [0.15, 0.2) is 0 Å².